The maximum absolute atomic E-state index is 12.3. The van der Waals surface area contributed by atoms with Gasteiger partial charge in [0, 0.05) is 5.39 Å². The number of halogens is 3. The SMILES string of the molecule is N#CCc1ccc2oc(C(F)(F)F)cc2c1. The van der Waals surface area contributed by atoms with Gasteiger partial charge in [0.05, 0.1) is 12.5 Å². The van der Waals surface area contributed by atoms with Crippen molar-refractivity contribution in [2.75, 3.05) is 0 Å². The quantitative estimate of drug-likeness (QED) is 0.744. The molecule has 0 saturated carbocycles. The van der Waals surface area contributed by atoms with Crippen molar-refractivity contribution in [3.63, 3.8) is 0 Å². The van der Waals surface area contributed by atoms with Gasteiger partial charge in [-0.15, -0.1) is 0 Å². The first-order chi connectivity index (χ1) is 7.50. The molecule has 2 rings (SSSR count). The number of hydrogen-bond donors (Lipinski definition) is 0. The van der Waals surface area contributed by atoms with E-state index in [0.29, 0.717) is 10.9 Å². The van der Waals surface area contributed by atoms with Crippen LogP contribution in [0.3, 0.4) is 0 Å². The van der Waals surface area contributed by atoms with Gasteiger partial charge in [0.1, 0.15) is 5.58 Å². The van der Waals surface area contributed by atoms with Crippen LogP contribution in [-0.4, -0.2) is 0 Å². The van der Waals surface area contributed by atoms with E-state index in [4.69, 9.17) is 5.26 Å². The van der Waals surface area contributed by atoms with Gasteiger partial charge in [-0.3, -0.25) is 0 Å². The molecule has 0 atom stereocenters. The average Bonchev–Trinajstić information content (AvgIpc) is 2.60. The van der Waals surface area contributed by atoms with Crippen molar-refractivity contribution in [1.29, 1.82) is 5.26 Å². The summed E-state index contributed by atoms with van der Waals surface area (Å²) in [7, 11) is 0. The van der Waals surface area contributed by atoms with Gasteiger partial charge in [-0.2, -0.15) is 18.4 Å². The Morgan fingerprint density at radius 3 is 2.62 bits per heavy atom. The Labute approximate surface area is 88.9 Å². The molecule has 16 heavy (non-hydrogen) atoms. The van der Waals surface area contributed by atoms with E-state index in [0.717, 1.165) is 6.07 Å². The Morgan fingerprint density at radius 2 is 2.00 bits per heavy atom. The summed E-state index contributed by atoms with van der Waals surface area (Å²) in [5.41, 5.74) is 0.846. The Balaban J connectivity index is 2.51. The molecule has 1 aromatic heterocycles. The lowest BCUT2D eigenvalue weighted by Crippen LogP contribution is -2.01. The third-order valence-electron chi connectivity index (χ3n) is 2.14. The molecule has 0 radical (unpaired) electrons. The molecule has 0 bridgehead atoms. The van der Waals surface area contributed by atoms with Gasteiger partial charge in [0.2, 0.25) is 5.76 Å². The normalized spacial score (nSPS) is 11.6. The van der Waals surface area contributed by atoms with Crippen LogP contribution in [0.4, 0.5) is 13.2 Å². The highest BCUT2D eigenvalue weighted by atomic mass is 19.4. The molecule has 0 aliphatic carbocycles. The van der Waals surface area contributed by atoms with Gasteiger partial charge in [0.25, 0.3) is 0 Å². The number of alkyl halides is 3. The second kappa shape index (κ2) is 3.56. The largest absolute Gasteiger partial charge is 0.452 e. The maximum atomic E-state index is 12.3. The van der Waals surface area contributed by atoms with Gasteiger partial charge >= 0.3 is 6.18 Å². The number of benzene rings is 1. The van der Waals surface area contributed by atoms with E-state index in [9.17, 15) is 13.2 Å². The summed E-state index contributed by atoms with van der Waals surface area (Å²) in [4.78, 5) is 0. The van der Waals surface area contributed by atoms with E-state index in [-0.39, 0.29) is 12.0 Å². The molecule has 1 heterocycles. The van der Waals surface area contributed by atoms with Crippen LogP contribution in [0.15, 0.2) is 28.7 Å². The van der Waals surface area contributed by atoms with E-state index >= 15 is 0 Å². The van der Waals surface area contributed by atoms with Gasteiger partial charge in [-0.05, 0) is 23.8 Å². The second-order valence-corrected chi connectivity index (χ2v) is 3.32. The molecule has 0 saturated heterocycles. The predicted octanol–water partition coefficient (Wildman–Crippen LogP) is 3.52. The number of furan rings is 1. The molecule has 2 aromatic rings. The summed E-state index contributed by atoms with van der Waals surface area (Å²) in [5, 5.41) is 8.83. The van der Waals surface area contributed by atoms with Gasteiger partial charge < -0.3 is 4.42 Å². The smallest absolute Gasteiger partial charge is 0.449 e. The molecule has 0 spiro atoms. The Kier molecular flexibility index (Phi) is 2.35. The molecule has 1 aromatic carbocycles. The Bertz CT molecular complexity index is 563. The molecule has 0 amide bonds. The summed E-state index contributed by atoms with van der Waals surface area (Å²) < 4.78 is 41.6. The number of nitriles is 1. The lowest BCUT2D eigenvalue weighted by Gasteiger charge is -1.98. The molecule has 0 aliphatic heterocycles. The van der Waals surface area contributed by atoms with Crippen molar-refractivity contribution < 1.29 is 17.6 Å². The number of nitrogens with zero attached hydrogens (tertiary/aromatic N) is 1. The number of fused-ring (bicyclic) bond motifs is 1. The molecule has 0 aliphatic rings. The molecule has 0 N–H and O–H groups in total. The number of rotatable bonds is 1. The van der Waals surface area contributed by atoms with E-state index in [1.165, 1.54) is 12.1 Å². The van der Waals surface area contributed by atoms with Crippen molar-refractivity contribution in [3.05, 3.63) is 35.6 Å². The van der Waals surface area contributed by atoms with Crippen LogP contribution >= 0.6 is 0 Å². The van der Waals surface area contributed by atoms with Crippen LogP contribution in [0.5, 0.6) is 0 Å². The summed E-state index contributed by atoms with van der Waals surface area (Å²) in [6, 6.07) is 7.42. The highest BCUT2D eigenvalue weighted by molar-refractivity contribution is 5.78. The predicted molar refractivity (Wildman–Crippen MR) is 50.5 cm³/mol. The Hall–Kier alpha value is -1.96. The molecular weight excluding hydrogens is 219 g/mol. The molecule has 5 heteroatoms. The first kappa shape index (κ1) is 10.6. The highest BCUT2D eigenvalue weighted by Crippen LogP contribution is 2.33. The van der Waals surface area contributed by atoms with Crippen LogP contribution in [0.25, 0.3) is 11.0 Å². The molecular formula is C11H6F3NO. The summed E-state index contributed by atoms with van der Waals surface area (Å²) in [6.07, 6.45) is -4.31. The zero-order valence-electron chi connectivity index (χ0n) is 8.01. The minimum absolute atomic E-state index is 0.169. The van der Waals surface area contributed by atoms with E-state index in [2.05, 4.69) is 4.42 Å². The third kappa shape index (κ3) is 1.87. The lowest BCUT2D eigenvalue weighted by molar-refractivity contribution is -0.152. The Morgan fingerprint density at radius 1 is 1.25 bits per heavy atom. The van der Waals surface area contributed by atoms with Crippen molar-refractivity contribution in [3.8, 4) is 6.07 Å². The highest BCUT2D eigenvalue weighted by Gasteiger charge is 2.35. The van der Waals surface area contributed by atoms with Crippen molar-refractivity contribution >= 4 is 11.0 Å². The van der Waals surface area contributed by atoms with Crippen LogP contribution in [0.1, 0.15) is 11.3 Å². The zero-order chi connectivity index (χ0) is 11.8. The fourth-order valence-corrected chi connectivity index (χ4v) is 1.43. The van der Waals surface area contributed by atoms with Crippen LogP contribution in [0, 0.1) is 11.3 Å². The summed E-state index contributed by atoms with van der Waals surface area (Å²) in [5.74, 6) is -1.02. The van der Waals surface area contributed by atoms with Gasteiger partial charge in [-0.25, -0.2) is 0 Å². The fourth-order valence-electron chi connectivity index (χ4n) is 1.43. The molecule has 0 unspecified atom stereocenters. The monoisotopic (exact) mass is 225 g/mol. The molecule has 2 nitrogen and oxygen atoms in total. The lowest BCUT2D eigenvalue weighted by atomic mass is 10.1. The summed E-state index contributed by atoms with van der Waals surface area (Å²) in [6.45, 7) is 0. The fraction of sp³-hybridized carbons (Fsp3) is 0.182. The topological polar surface area (TPSA) is 36.9 Å². The van der Waals surface area contributed by atoms with Crippen LogP contribution in [-0.2, 0) is 12.6 Å². The van der Waals surface area contributed by atoms with Crippen LogP contribution < -0.4 is 0 Å². The van der Waals surface area contributed by atoms with Gasteiger partial charge in [0.15, 0.2) is 0 Å². The minimum Gasteiger partial charge on any atom is -0.452 e. The standard InChI is InChI=1S/C11H6F3NO/c12-11(13,14)10-6-8-5-7(3-4-15)1-2-9(8)16-10/h1-2,5-6H,3H2. The van der Waals surface area contributed by atoms with Crippen molar-refractivity contribution in [2.45, 2.75) is 12.6 Å². The zero-order valence-corrected chi connectivity index (χ0v) is 8.01. The van der Waals surface area contributed by atoms with Crippen molar-refractivity contribution in [2.24, 2.45) is 0 Å². The van der Waals surface area contributed by atoms with Crippen LogP contribution in [0.2, 0.25) is 0 Å². The second-order valence-electron chi connectivity index (χ2n) is 3.32. The average molecular weight is 225 g/mol. The first-order valence-corrected chi connectivity index (χ1v) is 4.47. The van der Waals surface area contributed by atoms with E-state index in [1.807, 2.05) is 6.07 Å². The van der Waals surface area contributed by atoms with E-state index < -0.39 is 11.9 Å². The molecule has 82 valence electrons. The first-order valence-electron chi connectivity index (χ1n) is 4.47. The maximum Gasteiger partial charge on any atom is 0.449 e. The minimum atomic E-state index is -4.48. The number of hydrogen-bond acceptors (Lipinski definition) is 2. The summed E-state index contributed by atoms with van der Waals surface area (Å²) >= 11 is 0. The van der Waals surface area contributed by atoms with Crippen molar-refractivity contribution in [1.82, 2.24) is 0 Å². The molecule has 0 fully saturated rings. The van der Waals surface area contributed by atoms with E-state index in [1.54, 1.807) is 6.07 Å². The van der Waals surface area contributed by atoms with Gasteiger partial charge in [-0.1, -0.05) is 6.07 Å². The third-order valence-corrected chi connectivity index (χ3v) is 2.14.